The molecule has 1 heterocycles. The topological polar surface area (TPSA) is 20.7 Å². The van der Waals surface area contributed by atoms with Crippen LogP contribution in [0.15, 0.2) is 60.8 Å². The Morgan fingerprint density at radius 3 is 2.40 bits per heavy atom. The lowest BCUT2D eigenvalue weighted by Gasteiger charge is -2.09. The summed E-state index contributed by atoms with van der Waals surface area (Å²) in [7, 11) is 0. The zero-order valence-electron chi connectivity index (χ0n) is 11.3. The fourth-order valence-corrected chi connectivity index (χ4v) is 2.50. The van der Waals surface area contributed by atoms with E-state index in [-0.39, 0.29) is 0 Å². The number of hydrogen-bond donors (Lipinski definition) is 1. The molecule has 20 heavy (non-hydrogen) atoms. The van der Waals surface area contributed by atoms with Gasteiger partial charge >= 0.3 is 0 Å². The van der Waals surface area contributed by atoms with Gasteiger partial charge in [0.1, 0.15) is 0 Å². The average Bonchev–Trinajstić information content (AvgIpc) is 2.83. The molecule has 0 bridgehead atoms. The van der Waals surface area contributed by atoms with E-state index in [0.717, 1.165) is 17.0 Å². The quantitative estimate of drug-likeness (QED) is 0.697. The van der Waals surface area contributed by atoms with Gasteiger partial charge in [-0.3, -0.25) is 0 Å². The number of aryl methyl sites for hydroxylation is 1. The molecule has 0 aliphatic carbocycles. The minimum absolute atomic E-state index is 0.754. The molecule has 3 rings (SSSR count). The molecule has 0 atom stereocenters. The average molecular weight is 280 g/mol. The second kappa shape index (κ2) is 5.47. The SMILES string of the molecule is Cc1ccc(-c2c[nH]c(=S)n2Cc2ccccc2)cc1. The van der Waals surface area contributed by atoms with Crippen LogP contribution in [0.25, 0.3) is 11.3 Å². The molecule has 0 saturated carbocycles. The van der Waals surface area contributed by atoms with Crippen LogP contribution in [0.5, 0.6) is 0 Å². The zero-order chi connectivity index (χ0) is 13.9. The van der Waals surface area contributed by atoms with Crippen LogP contribution in [0.1, 0.15) is 11.1 Å². The molecule has 1 N–H and O–H groups in total. The van der Waals surface area contributed by atoms with E-state index in [2.05, 4.69) is 65.0 Å². The van der Waals surface area contributed by atoms with E-state index in [9.17, 15) is 0 Å². The van der Waals surface area contributed by atoms with Gasteiger partial charge in [-0.15, -0.1) is 0 Å². The first-order chi connectivity index (χ1) is 9.74. The Hall–Kier alpha value is -2.13. The molecule has 0 aliphatic heterocycles. The molecular formula is C17H16N2S. The zero-order valence-corrected chi connectivity index (χ0v) is 12.2. The Morgan fingerprint density at radius 1 is 1.00 bits per heavy atom. The fourth-order valence-electron chi connectivity index (χ4n) is 2.28. The number of hydrogen-bond acceptors (Lipinski definition) is 1. The summed E-state index contributed by atoms with van der Waals surface area (Å²) in [5, 5.41) is 0. The van der Waals surface area contributed by atoms with Crippen LogP contribution in [-0.2, 0) is 6.54 Å². The summed E-state index contributed by atoms with van der Waals surface area (Å²) in [5.41, 5.74) is 4.81. The number of aromatic amines is 1. The summed E-state index contributed by atoms with van der Waals surface area (Å²) in [4.78, 5) is 3.15. The lowest BCUT2D eigenvalue weighted by atomic mass is 10.1. The van der Waals surface area contributed by atoms with Crippen molar-refractivity contribution in [3.8, 4) is 11.3 Å². The van der Waals surface area contributed by atoms with Crippen molar-refractivity contribution in [1.82, 2.24) is 9.55 Å². The summed E-state index contributed by atoms with van der Waals surface area (Å²) in [6.45, 7) is 2.88. The van der Waals surface area contributed by atoms with Crippen LogP contribution in [0.4, 0.5) is 0 Å². The molecule has 0 spiro atoms. The van der Waals surface area contributed by atoms with Crippen LogP contribution in [-0.4, -0.2) is 9.55 Å². The number of nitrogens with zero attached hydrogens (tertiary/aromatic N) is 1. The molecule has 2 nitrogen and oxygen atoms in total. The molecule has 100 valence electrons. The molecule has 0 aliphatic rings. The van der Waals surface area contributed by atoms with E-state index < -0.39 is 0 Å². The van der Waals surface area contributed by atoms with E-state index in [1.807, 2.05) is 12.3 Å². The second-order valence-corrected chi connectivity index (χ2v) is 5.30. The van der Waals surface area contributed by atoms with Crippen molar-refractivity contribution in [1.29, 1.82) is 0 Å². The predicted octanol–water partition coefficient (Wildman–Crippen LogP) is 4.57. The van der Waals surface area contributed by atoms with Gasteiger partial charge in [0.05, 0.1) is 12.2 Å². The van der Waals surface area contributed by atoms with Crippen molar-refractivity contribution in [3.05, 3.63) is 76.7 Å². The van der Waals surface area contributed by atoms with Gasteiger partial charge in [-0.1, -0.05) is 60.2 Å². The first-order valence-electron chi connectivity index (χ1n) is 6.63. The Labute approximate surface area is 123 Å². The van der Waals surface area contributed by atoms with Crippen molar-refractivity contribution in [3.63, 3.8) is 0 Å². The minimum Gasteiger partial charge on any atom is -0.337 e. The van der Waals surface area contributed by atoms with Gasteiger partial charge in [0.2, 0.25) is 0 Å². The third kappa shape index (κ3) is 2.58. The maximum absolute atomic E-state index is 5.41. The molecule has 3 aromatic rings. The predicted molar refractivity (Wildman–Crippen MR) is 85.3 cm³/mol. The molecular weight excluding hydrogens is 264 g/mol. The Balaban J connectivity index is 2.01. The molecule has 3 heteroatoms. The van der Waals surface area contributed by atoms with Gasteiger partial charge in [-0.2, -0.15) is 0 Å². The molecule has 2 aromatic carbocycles. The standard InChI is InChI=1S/C17H16N2S/c1-13-7-9-15(10-8-13)16-11-18-17(20)19(16)12-14-5-3-2-4-6-14/h2-11H,12H2,1H3,(H,18,20). The van der Waals surface area contributed by atoms with Gasteiger partial charge < -0.3 is 9.55 Å². The van der Waals surface area contributed by atoms with E-state index in [4.69, 9.17) is 12.2 Å². The third-order valence-corrected chi connectivity index (χ3v) is 3.74. The van der Waals surface area contributed by atoms with Crippen molar-refractivity contribution < 1.29 is 0 Å². The van der Waals surface area contributed by atoms with Gasteiger partial charge in [-0.05, 0) is 30.3 Å². The first-order valence-corrected chi connectivity index (χ1v) is 7.04. The highest BCUT2D eigenvalue weighted by molar-refractivity contribution is 7.71. The van der Waals surface area contributed by atoms with Crippen LogP contribution in [0, 0.1) is 11.7 Å². The summed E-state index contributed by atoms with van der Waals surface area (Å²) in [6, 6.07) is 18.9. The van der Waals surface area contributed by atoms with Crippen LogP contribution in [0.2, 0.25) is 0 Å². The van der Waals surface area contributed by atoms with Crippen molar-refractivity contribution in [2.24, 2.45) is 0 Å². The molecule has 0 unspecified atom stereocenters. The highest BCUT2D eigenvalue weighted by atomic mass is 32.1. The molecule has 0 amide bonds. The van der Waals surface area contributed by atoms with Gasteiger partial charge in [-0.25, -0.2) is 0 Å². The van der Waals surface area contributed by atoms with Gasteiger partial charge in [0.25, 0.3) is 0 Å². The normalized spacial score (nSPS) is 10.7. The van der Waals surface area contributed by atoms with Crippen molar-refractivity contribution >= 4 is 12.2 Å². The van der Waals surface area contributed by atoms with E-state index in [1.54, 1.807) is 0 Å². The number of aromatic nitrogens is 2. The van der Waals surface area contributed by atoms with Gasteiger partial charge in [0, 0.05) is 6.20 Å². The smallest absolute Gasteiger partial charge is 0.177 e. The number of imidazole rings is 1. The van der Waals surface area contributed by atoms with Crippen LogP contribution < -0.4 is 0 Å². The number of rotatable bonds is 3. The van der Waals surface area contributed by atoms with E-state index >= 15 is 0 Å². The van der Waals surface area contributed by atoms with Crippen LogP contribution in [0.3, 0.4) is 0 Å². The lowest BCUT2D eigenvalue weighted by Crippen LogP contribution is -2.01. The van der Waals surface area contributed by atoms with Crippen molar-refractivity contribution in [2.75, 3.05) is 0 Å². The number of benzene rings is 2. The third-order valence-electron chi connectivity index (χ3n) is 3.40. The van der Waals surface area contributed by atoms with Crippen LogP contribution >= 0.6 is 12.2 Å². The summed E-state index contributed by atoms with van der Waals surface area (Å²) in [6.07, 6.45) is 1.98. The maximum Gasteiger partial charge on any atom is 0.177 e. The fraction of sp³-hybridized carbons (Fsp3) is 0.118. The summed E-state index contributed by atoms with van der Waals surface area (Å²) < 4.78 is 2.89. The first kappa shape index (κ1) is 12.9. The minimum atomic E-state index is 0.754. The van der Waals surface area contributed by atoms with Crippen molar-refractivity contribution in [2.45, 2.75) is 13.5 Å². The Bertz CT molecular complexity index is 752. The highest BCUT2D eigenvalue weighted by Gasteiger charge is 2.07. The molecule has 1 aromatic heterocycles. The molecule has 0 saturated heterocycles. The monoisotopic (exact) mass is 280 g/mol. The number of H-pyrrole nitrogens is 1. The Morgan fingerprint density at radius 2 is 1.70 bits per heavy atom. The van der Waals surface area contributed by atoms with E-state index in [0.29, 0.717) is 0 Å². The lowest BCUT2D eigenvalue weighted by molar-refractivity contribution is 0.791. The van der Waals surface area contributed by atoms with Gasteiger partial charge in [0.15, 0.2) is 4.77 Å². The maximum atomic E-state index is 5.41. The molecule has 0 fully saturated rings. The highest BCUT2D eigenvalue weighted by Crippen LogP contribution is 2.21. The second-order valence-electron chi connectivity index (χ2n) is 4.92. The van der Waals surface area contributed by atoms with E-state index in [1.165, 1.54) is 16.7 Å². The number of nitrogens with one attached hydrogen (secondary N) is 1. The summed E-state index contributed by atoms with van der Waals surface area (Å²) >= 11 is 5.41. The Kier molecular flexibility index (Phi) is 3.52. The largest absolute Gasteiger partial charge is 0.337 e. The molecule has 0 radical (unpaired) electrons. The summed E-state index contributed by atoms with van der Waals surface area (Å²) in [5.74, 6) is 0.